The number of aromatic amines is 1. The number of H-pyrrole nitrogens is 1. The molecule has 0 saturated carbocycles. The molecule has 0 amide bonds. The summed E-state index contributed by atoms with van der Waals surface area (Å²) in [6.45, 7) is 1.96. The first-order valence-corrected chi connectivity index (χ1v) is 8.19. The van der Waals surface area contributed by atoms with Crippen molar-refractivity contribution in [1.29, 1.82) is 0 Å². The second-order valence-corrected chi connectivity index (χ2v) is 5.68. The first kappa shape index (κ1) is 16.3. The first-order chi connectivity index (χ1) is 10.7. The van der Waals surface area contributed by atoms with E-state index in [2.05, 4.69) is 30.6 Å². The molecule has 0 fully saturated rings. The molecule has 22 heavy (non-hydrogen) atoms. The topological polar surface area (TPSA) is 118 Å². The number of nitrogens with one attached hydrogen (secondary N) is 1. The number of carboxylic acids is 1. The summed E-state index contributed by atoms with van der Waals surface area (Å²) in [5, 5.41) is 23.9. The van der Waals surface area contributed by atoms with Gasteiger partial charge in [0.05, 0.1) is 5.92 Å². The molecular weight excluding hydrogens is 304 g/mol. The molecule has 2 aromatic heterocycles. The number of hydrogen-bond donors (Lipinski definition) is 2. The van der Waals surface area contributed by atoms with Gasteiger partial charge in [-0.15, -0.1) is 5.10 Å². The van der Waals surface area contributed by atoms with Gasteiger partial charge in [-0.1, -0.05) is 25.1 Å². The van der Waals surface area contributed by atoms with Gasteiger partial charge >= 0.3 is 5.97 Å². The predicted octanol–water partition coefficient (Wildman–Crippen LogP) is 1.54. The third-order valence-corrected chi connectivity index (χ3v) is 4.01. The van der Waals surface area contributed by atoms with Crippen molar-refractivity contribution in [3.8, 4) is 0 Å². The van der Waals surface area contributed by atoms with E-state index in [0.29, 0.717) is 23.8 Å². The second kappa shape index (κ2) is 7.83. The van der Waals surface area contributed by atoms with Gasteiger partial charge in [0.2, 0.25) is 0 Å². The predicted molar refractivity (Wildman–Crippen MR) is 80.5 cm³/mol. The lowest BCUT2D eigenvalue weighted by molar-refractivity contribution is -0.142. The van der Waals surface area contributed by atoms with Crippen LogP contribution in [-0.2, 0) is 11.2 Å². The molecule has 0 aliphatic carbocycles. The molecule has 0 unspecified atom stereocenters. The van der Waals surface area contributed by atoms with Crippen LogP contribution in [0.4, 0.5) is 0 Å². The van der Waals surface area contributed by atoms with Crippen LogP contribution in [0, 0.1) is 5.92 Å². The largest absolute Gasteiger partial charge is 0.481 e. The van der Waals surface area contributed by atoms with Gasteiger partial charge in [0, 0.05) is 18.3 Å². The lowest BCUT2D eigenvalue weighted by Gasteiger charge is -2.21. The third kappa shape index (κ3) is 4.00. The van der Waals surface area contributed by atoms with Gasteiger partial charge in [0.1, 0.15) is 0 Å². The number of aliphatic carboxylic acids is 1. The van der Waals surface area contributed by atoms with Crippen LogP contribution in [0.1, 0.15) is 37.1 Å². The standard InChI is InChI=1S/C13H18N6O2S/c1-3-4-9(12(20)21)10(11-16-18-19-17-11)5-8-6-14-13(22-2)15-7-8/h6-7,9-10H,3-5H2,1-2H3,(H,20,21)(H,16,17,18,19)/t9-,10-/m0/s1. The molecule has 0 saturated heterocycles. The second-order valence-electron chi connectivity index (χ2n) is 4.91. The van der Waals surface area contributed by atoms with Gasteiger partial charge < -0.3 is 5.11 Å². The van der Waals surface area contributed by atoms with Crippen molar-refractivity contribution >= 4 is 17.7 Å². The number of tetrazole rings is 1. The molecule has 8 nitrogen and oxygen atoms in total. The molecule has 2 rings (SSSR count). The maximum Gasteiger partial charge on any atom is 0.307 e. The summed E-state index contributed by atoms with van der Waals surface area (Å²) in [6, 6.07) is 0. The zero-order valence-electron chi connectivity index (χ0n) is 12.4. The van der Waals surface area contributed by atoms with Crippen LogP contribution in [0.15, 0.2) is 17.6 Å². The summed E-state index contributed by atoms with van der Waals surface area (Å²) >= 11 is 1.46. The van der Waals surface area contributed by atoms with Gasteiger partial charge in [-0.25, -0.2) is 15.1 Å². The minimum atomic E-state index is -0.843. The smallest absolute Gasteiger partial charge is 0.307 e. The third-order valence-electron chi connectivity index (χ3n) is 3.44. The highest BCUT2D eigenvalue weighted by Crippen LogP contribution is 2.29. The van der Waals surface area contributed by atoms with Crippen molar-refractivity contribution in [1.82, 2.24) is 30.6 Å². The van der Waals surface area contributed by atoms with Crippen molar-refractivity contribution in [3.05, 3.63) is 23.8 Å². The molecule has 0 aromatic carbocycles. The maximum atomic E-state index is 11.6. The molecular formula is C13H18N6O2S. The molecule has 0 spiro atoms. The maximum absolute atomic E-state index is 11.6. The molecule has 9 heteroatoms. The average molecular weight is 322 g/mol. The minimum absolute atomic E-state index is 0.337. The minimum Gasteiger partial charge on any atom is -0.481 e. The van der Waals surface area contributed by atoms with Crippen molar-refractivity contribution < 1.29 is 9.90 Å². The molecule has 118 valence electrons. The molecule has 2 heterocycles. The average Bonchev–Trinajstić information content (AvgIpc) is 3.05. The lowest BCUT2D eigenvalue weighted by Crippen LogP contribution is -2.25. The monoisotopic (exact) mass is 322 g/mol. The summed E-state index contributed by atoms with van der Waals surface area (Å²) in [5.74, 6) is -1.25. The van der Waals surface area contributed by atoms with Crippen LogP contribution >= 0.6 is 11.8 Å². The number of carbonyl (C=O) groups is 1. The van der Waals surface area contributed by atoms with E-state index in [0.717, 1.165) is 12.0 Å². The molecule has 0 radical (unpaired) electrons. The van der Waals surface area contributed by atoms with E-state index in [1.54, 1.807) is 12.4 Å². The summed E-state index contributed by atoms with van der Waals surface area (Å²) in [5.41, 5.74) is 0.863. The number of thioether (sulfide) groups is 1. The van der Waals surface area contributed by atoms with Crippen LogP contribution in [0.2, 0.25) is 0 Å². The van der Waals surface area contributed by atoms with E-state index in [1.807, 2.05) is 13.2 Å². The summed E-state index contributed by atoms with van der Waals surface area (Å²) < 4.78 is 0. The zero-order valence-corrected chi connectivity index (χ0v) is 13.2. The Hall–Kier alpha value is -2.03. The van der Waals surface area contributed by atoms with E-state index in [4.69, 9.17) is 0 Å². The number of nitrogens with zero attached hydrogens (tertiary/aromatic N) is 5. The van der Waals surface area contributed by atoms with E-state index in [9.17, 15) is 9.90 Å². The van der Waals surface area contributed by atoms with E-state index in [1.165, 1.54) is 11.8 Å². The Balaban J connectivity index is 2.25. The van der Waals surface area contributed by atoms with Crippen molar-refractivity contribution in [2.24, 2.45) is 5.92 Å². The molecule has 2 N–H and O–H groups in total. The van der Waals surface area contributed by atoms with Crippen LogP contribution in [0.25, 0.3) is 0 Å². The Morgan fingerprint density at radius 3 is 2.64 bits per heavy atom. The Kier molecular flexibility index (Phi) is 5.82. The highest BCUT2D eigenvalue weighted by Gasteiger charge is 2.31. The number of carboxylic acid groups (broad SMARTS) is 1. The fourth-order valence-electron chi connectivity index (χ4n) is 2.37. The molecule has 0 aliphatic heterocycles. The van der Waals surface area contributed by atoms with Crippen LogP contribution in [-0.4, -0.2) is 47.9 Å². The first-order valence-electron chi connectivity index (χ1n) is 6.97. The molecule has 2 atom stereocenters. The van der Waals surface area contributed by atoms with Crippen LogP contribution in [0.5, 0.6) is 0 Å². The Labute approximate surface area is 132 Å². The zero-order chi connectivity index (χ0) is 15.9. The quantitative estimate of drug-likeness (QED) is 0.555. The number of hydrogen-bond acceptors (Lipinski definition) is 7. The Morgan fingerprint density at radius 1 is 1.41 bits per heavy atom. The van der Waals surface area contributed by atoms with E-state index < -0.39 is 11.9 Å². The van der Waals surface area contributed by atoms with Gasteiger partial charge in [0.15, 0.2) is 11.0 Å². The van der Waals surface area contributed by atoms with Gasteiger partial charge in [-0.2, -0.15) is 0 Å². The summed E-state index contributed by atoms with van der Waals surface area (Å²) in [6.07, 6.45) is 7.16. The highest BCUT2D eigenvalue weighted by atomic mass is 32.2. The highest BCUT2D eigenvalue weighted by molar-refractivity contribution is 7.98. The lowest BCUT2D eigenvalue weighted by atomic mass is 9.84. The molecule has 0 aliphatic rings. The Bertz CT molecular complexity index is 589. The van der Waals surface area contributed by atoms with Crippen LogP contribution < -0.4 is 0 Å². The van der Waals surface area contributed by atoms with E-state index in [-0.39, 0.29) is 5.92 Å². The molecule has 0 bridgehead atoms. The van der Waals surface area contributed by atoms with Crippen molar-refractivity contribution in [2.75, 3.05) is 6.26 Å². The summed E-state index contributed by atoms with van der Waals surface area (Å²) in [4.78, 5) is 20.0. The van der Waals surface area contributed by atoms with E-state index >= 15 is 0 Å². The van der Waals surface area contributed by atoms with Crippen molar-refractivity contribution in [2.45, 2.75) is 37.3 Å². The summed E-state index contributed by atoms with van der Waals surface area (Å²) in [7, 11) is 0. The fourth-order valence-corrected chi connectivity index (χ4v) is 2.68. The van der Waals surface area contributed by atoms with Gasteiger partial charge in [-0.05, 0) is 35.1 Å². The van der Waals surface area contributed by atoms with Crippen molar-refractivity contribution in [3.63, 3.8) is 0 Å². The number of aromatic nitrogens is 6. The molecule has 2 aromatic rings. The fraction of sp³-hybridized carbons (Fsp3) is 0.538. The van der Waals surface area contributed by atoms with Crippen LogP contribution in [0.3, 0.4) is 0 Å². The Morgan fingerprint density at radius 2 is 2.14 bits per heavy atom. The SMILES string of the molecule is CCC[C@H](C(=O)O)[C@H](Cc1cnc(SC)nc1)c1nnn[nH]1. The van der Waals surface area contributed by atoms with Gasteiger partial charge in [-0.3, -0.25) is 4.79 Å². The number of rotatable bonds is 8. The normalized spacial score (nSPS) is 13.7. The van der Waals surface area contributed by atoms with Gasteiger partial charge in [0.25, 0.3) is 0 Å².